The van der Waals surface area contributed by atoms with Gasteiger partial charge in [-0.05, 0) is 12.0 Å². The third kappa shape index (κ3) is 4.33. The van der Waals surface area contributed by atoms with Gasteiger partial charge in [0.2, 0.25) is 23.8 Å². The van der Waals surface area contributed by atoms with Gasteiger partial charge in [-0.2, -0.15) is 0 Å². The van der Waals surface area contributed by atoms with Crippen molar-refractivity contribution in [1.29, 1.82) is 0 Å². The molecule has 2 atom stereocenters. The van der Waals surface area contributed by atoms with Crippen molar-refractivity contribution < 1.29 is 38.1 Å². The Hall–Kier alpha value is -2.58. The third-order valence-electron chi connectivity index (χ3n) is 3.82. The molecule has 2 unspecified atom stereocenters. The molecule has 0 bridgehead atoms. The molecule has 0 saturated carbocycles. The van der Waals surface area contributed by atoms with Crippen LogP contribution in [-0.2, 0) is 35.0 Å². The van der Waals surface area contributed by atoms with E-state index in [0.29, 0.717) is 12.0 Å². The summed E-state index contributed by atoms with van der Waals surface area (Å²) in [5, 5.41) is 0. The van der Waals surface area contributed by atoms with Crippen LogP contribution in [0, 0.1) is 0 Å². The molecule has 142 valence electrons. The molecular formula is C18H22O8. The molecule has 0 radical (unpaired) electrons. The number of methoxy groups -OCH3 is 4. The van der Waals surface area contributed by atoms with E-state index < -0.39 is 35.7 Å². The first-order valence-electron chi connectivity index (χ1n) is 7.79. The van der Waals surface area contributed by atoms with Crippen molar-refractivity contribution in [3.8, 4) is 0 Å². The van der Waals surface area contributed by atoms with Crippen molar-refractivity contribution in [2.45, 2.75) is 25.6 Å². The van der Waals surface area contributed by atoms with Crippen LogP contribution in [0.25, 0.3) is 0 Å². The quantitative estimate of drug-likeness (QED) is 0.362. The number of Topliss-reactive ketones (excluding diaryl/α,β-unsaturated/α-hetero) is 2. The molecule has 1 rings (SSSR count). The van der Waals surface area contributed by atoms with E-state index in [-0.39, 0.29) is 11.1 Å². The van der Waals surface area contributed by atoms with Gasteiger partial charge in [-0.15, -0.1) is 0 Å². The molecule has 1 aromatic rings. The number of carbonyl (C=O) groups excluding carboxylic acids is 4. The number of hydrogen-bond acceptors (Lipinski definition) is 8. The normalized spacial score (nSPS) is 12.8. The van der Waals surface area contributed by atoms with Crippen LogP contribution < -0.4 is 0 Å². The first-order chi connectivity index (χ1) is 12.4. The standard InChI is InChI=1S/C18H22O8/c1-6-10-8-7-9-11(13(19)15(23-2)17(21)25-4)12(10)14(20)16(24-3)18(22)26-5/h7-9,15-16H,6H2,1-5H3. The van der Waals surface area contributed by atoms with Crippen LogP contribution in [0.2, 0.25) is 0 Å². The van der Waals surface area contributed by atoms with Gasteiger partial charge in [-0.1, -0.05) is 25.1 Å². The highest BCUT2D eigenvalue weighted by atomic mass is 16.6. The summed E-state index contributed by atoms with van der Waals surface area (Å²) in [5.41, 5.74) is 0.451. The Kier molecular flexibility index (Phi) is 8.08. The summed E-state index contributed by atoms with van der Waals surface area (Å²) in [6, 6.07) is 4.61. The Morgan fingerprint density at radius 2 is 1.35 bits per heavy atom. The predicted molar refractivity (Wildman–Crippen MR) is 90.1 cm³/mol. The Morgan fingerprint density at radius 1 is 0.846 bits per heavy atom. The summed E-state index contributed by atoms with van der Waals surface area (Å²) in [4.78, 5) is 49.3. The van der Waals surface area contributed by atoms with Crippen LogP contribution in [-0.4, -0.2) is 64.2 Å². The number of esters is 2. The maximum Gasteiger partial charge on any atom is 0.343 e. The molecule has 26 heavy (non-hydrogen) atoms. The van der Waals surface area contributed by atoms with E-state index in [0.717, 1.165) is 14.2 Å². The number of ketones is 2. The molecule has 1 aromatic carbocycles. The molecule has 0 amide bonds. The van der Waals surface area contributed by atoms with Gasteiger partial charge < -0.3 is 18.9 Å². The number of carbonyl (C=O) groups is 4. The lowest BCUT2D eigenvalue weighted by Gasteiger charge is -2.19. The molecule has 0 aliphatic rings. The largest absolute Gasteiger partial charge is 0.467 e. The van der Waals surface area contributed by atoms with E-state index in [9.17, 15) is 19.2 Å². The summed E-state index contributed by atoms with van der Waals surface area (Å²) in [6.45, 7) is 1.79. The lowest BCUT2D eigenvalue weighted by Crippen LogP contribution is -2.37. The molecular weight excluding hydrogens is 344 g/mol. The highest BCUT2D eigenvalue weighted by Gasteiger charge is 2.36. The fourth-order valence-corrected chi connectivity index (χ4v) is 2.50. The maximum absolute atomic E-state index is 12.9. The zero-order chi connectivity index (χ0) is 19.9. The van der Waals surface area contributed by atoms with Crippen LogP contribution in [0.3, 0.4) is 0 Å². The average Bonchev–Trinajstić information content (AvgIpc) is 2.67. The van der Waals surface area contributed by atoms with Gasteiger partial charge in [0.25, 0.3) is 0 Å². The van der Waals surface area contributed by atoms with Gasteiger partial charge in [0, 0.05) is 25.3 Å². The summed E-state index contributed by atoms with van der Waals surface area (Å²) in [5.74, 6) is -3.27. The number of rotatable bonds is 9. The van der Waals surface area contributed by atoms with Gasteiger partial charge in [0.15, 0.2) is 0 Å². The average molecular weight is 366 g/mol. The van der Waals surface area contributed by atoms with Crippen molar-refractivity contribution in [2.24, 2.45) is 0 Å². The summed E-state index contributed by atoms with van der Waals surface area (Å²) in [6.07, 6.45) is -2.65. The van der Waals surface area contributed by atoms with E-state index in [4.69, 9.17) is 9.47 Å². The minimum absolute atomic E-state index is 0.0109. The number of hydrogen-bond donors (Lipinski definition) is 0. The van der Waals surface area contributed by atoms with Gasteiger partial charge in [-0.25, -0.2) is 9.59 Å². The van der Waals surface area contributed by atoms with Crippen LogP contribution in [0.4, 0.5) is 0 Å². The molecule has 0 spiro atoms. The summed E-state index contributed by atoms with van der Waals surface area (Å²) < 4.78 is 19.0. The molecule has 8 nitrogen and oxygen atoms in total. The third-order valence-corrected chi connectivity index (χ3v) is 3.82. The molecule has 0 fully saturated rings. The molecule has 0 saturated heterocycles. The number of benzene rings is 1. The van der Waals surface area contributed by atoms with Crippen LogP contribution in [0.5, 0.6) is 0 Å². The van der Waals surface area contributed by atoms with Crippen molar-refractivity contribution in [3.63, 3.8) is 0 Å². The lowest BCUT2D eigenvalue weighted by molar-refractivity contribution is -0.150. The van der Waals surface area contributed by atoms with Crippen molar-refractivity contribution in [2.75, 3.05) is 28.4 Å². The van der Waals surface area contributed by atoms with Crippen LogP contribution in [0.1, 0.15) is 33.2 Å². The predicted octanol–water partition coefficient (Wildman–Crippen LogP) is 0.990. The molecule has 0 heterocycles. The van der Waals surface area contributed by atoms with Gasteiger partial charge >= 0.3 is 11.9 Å². The highest BCUT2D eigenvalue weighted by Crippen LogP contribution is 2.22. The monoisotopic (exact) mass is 366 g/mol. The topological polar surface area (TPSA) is 105 Å². The van der Waals surface area contributed by atoms with Gasteiger partial charge in [0.05, 0.1) is 14.2 Å². The number of ether oxygens (including phenoxy) is 4. The number of aryl methyl sites for hydroxylation is 1. The lowest BCUT2D eigenvalue weighted by atomic mass is 9.90. The van der Waals surface area contributed by atoms with E-state index in [1.807, 2.05) is 0 Å². The molecule has 0 aliphatic heterocycles. The van der Waals surface area contributed by atoms with E-state index >= 15 is 0 Å². The Morgan fingerprint density at radius 3 is 1.77 bits per heavy atom. The molecule has 0 aliphatic carbocycles. The first kappa shape index (κ1) is 21.5. The Bertz CT molecular complexity index is 694. The van der Waals surface area contributed by atoms with Crippen LogP contribution in [0.15, 0.2) is 18.2 Å². The van der Waals surface area contributed by atoms with E-state index in [1.165, 1.54) is 20.3 Å². The Labute approximate surface area is 151 Å². The van der Waals surface area contributed by atoms with Crippen LogP contribution >= 0.6 is 0 Å². The van der Waals surface area contributed by atoms with Crippen molar-refractivity contribution in [3.05, 3.63) is 34.9 Å². The fraction of sp³-hybridized carbons (Fsp3) is 0.444. The second kappa shape index (κ2) is 9.79. The zero-order valence-electron chi connectivity index (χ0n) is 15.4. The second-order valence-corrected chi connectivity index (χ2v) is 5.20. The van der Waals surface area contributed by atoms with E-state index in [1.54, 1.807) is 19.1 Å². The zero-order valence-corrected chi connectivity index (χ0v) is 15.4. The minimum atomic E-state index is -1.53. The maximum atomic E-state index is 12.9. The second-order valence-electron chi connectivity index (χ2n) is 5.20. The fourth-order valence-electron chi connectivity index (χ4n) is 2.50. The van der Waals surface area contributed by atoms with E-state index in [2.05, 4.69) is 9.47 Å². The minimum Gasteiger partial charge on any atom is -0.467 e. The van der Waals surface area contributed by atoms with Gasteiger partial charge in [0.1, 0.15) is 0 Å². The SMILES string of the molecule is CCc1cccc(C(=O)C(OC)C(=O)OC)c1C(=O)C(OC)C(=O)OC. The highest BCUT2D eigenvalue weighted by molar-refractivity contribution is 6.20. The molecule has 0 aromatic heterocycles. The van der Waals surface area contributed by atoms with Crippen molar-refractivity contribution >= 4 is 23.5 Å². The summed E-state index contributed by atoms with van der Waals surface area (Å²) in [7, 11) is 4.60. The van der Waals surface area contributed by atoms with Gasteiger partial charge in [-0.3, -0.25) is 9.59 Å². The van der Waals surface area contributed by atoms with Crippen molar-refractivity contribution in [1.82, 2.24) is 0 Å². The molecule has 8 heteroatoms. The Balaban J connectivity index is 3.52. The summed E-state index contributed by atoms with van der Waals surface area (Å²) >= 11 is 0. The first-order valence-corrected chi connectivity index (χ1v) is 7.79. The molecule has 0 N–H and O–H groups in total. The smallest absolute Gasteiger partial charge is 0.343 e.